The number of nitrogens with zero attached hydrogens (tertiary/aromatic N) is 1. The summed E-state index contributed by atoms with van der Waals surface area (Å²) in [7, 11) is 1.33. The molecule has 0 spiro atoms. The molecular formula is C50H92NO7P. The molecule has 2 atom stereocenters. The summed E-state index contributed by atoms with van der Waals surface area (Å²) in [5, 5.41) is 0. The SMILES string of the molecule is CC/C=C\C/C=C\C/C=C\C/C=C\C/C=C\CCCCCC(=O)OC(COCCCCCCCCCCCCCCCCCCCC)COP(=O)([O-])OCC[N+](C)(C)C. The number of unbranched alkanes of at least 4 members (excludes halogenated alkanes) is 20. The van der Waals surface area contributed by atoms with Crippen LogP contribution < -0.4 is 4.89 Å². The van der Waals surface area contributed by atoms with E-state index < -0.39 is 13.9 Å². The Kier molecular flexibility index (Phi) is 41.6. The van der Waals surface area contributed by atoms with E-state index in [0.717, 1.165) is 64.2 Å². The maximum absolute atomic E-state index is 12.7. The lowest BCUT2D eigenvalue weighted by Crippen LogP contribution is -2.37. The summed E-state index contributed by atoms with van der Waals surface area (Å²) in [6, 6.07) is 0. The normalized spacial score (nSPS) is 14.2. The highest BCUT2D eigenvalue weighted by atomic mass is 31.2. The molecule has 0 aliphatic heterocycles. The minimum absolute atomic E-state index is 0.0181. The second-order valence-corrected chi connectivity index (χ2v) is 18.5. The molecule has 8 nitrogen and oxygen atoms in total. The van der Waals surface area contributed by atoms with Crippen LogP contribution in [0.1, 0.15) is 194 Å². The Hall–Kier alpha value is -1.80. The number of ether oxygens (including phenoxy) is 2. The van der Waals surface area contributed by atoms with Gasteiger partial charge in [0.25, 0.3) is 7.82 Å². The van der Waals surface area contributed by atoms with Crippen LogP contribution in [0, 0.1) is 0 Å². The van der Waals surface area contributed by atoms with Gasteiger partial charge in [0.15, 0.2) is 0 Å². The van der Waals surface area contributed by atoms with E-state index in [-0.39, 0.29) is 32.2 Å². The van der Waals surface area contributed by atoms with Crippen LogP contribution in [-0.4, -0.2) is 70.7 Å². The monoisotopic (exact) mass is 850 g/mol. The number of phosphoric ester groups is 1. The number of carbonyl (C=O) groups excluding carboxylic acids is 1. The first-order chi connectivity index (χ1) is 28.6. The van der Waals surface area contributed by atoms with Crippen LogP contribution in [0.5, 0.6) is 0 Å². The van der Waals surface area contributed by atoms with Crippen molar-refractivity contribution in [1.29, 1.82) is 0 Å². The molecule has 0 aromatic rings. The van der Waals surface area contributed by atoms with Crippen LogP contribution in [0.25, 0.3) is 0 Å². The second kappa shape index (κ2) is 42.9. The van der Waals surface area contributed by atoms with Gasteiger partial charge in [-0.15, -0.1) is 0 Å². The average molecular weight is 850 g/mol. The van der Waals surface area contributed by atoms with Crippen molar-refractivity contribution in [1.82, 2.24) is 0 Å². The van der Waals surface area contributed by atoms with Crippen molar-refractivity contribution in [3.8, 4) is 0 Å². The summed E-state index contributed by atoms with van der Waals surface area (Å²) in [6.07, 6.45) is 53.8. The van der Waals surface area contributed by atoms with Gasteiger partial charge >= 0.3 is 5.97 Å². The third kappa shape index (κ3) is 47.1. The number of carbonyl (C=O) groups is 1. The molecule has 0 radical (unpaired) electrons. The van der Waals surface area contributed by atoms with Gasteiger partial charge in [0, 0.05) is 13.0 Å². The lowest BCUT2D eigenvalue weighted by atomic mass is 10.0. The van der Waals surface area contributed by atoms with Gasteiger partial charge in [-0.2, -0.15) is 0 Å². The highest BCUT2D eigenvalue weighted by Crippen LogP contribution is 2.38. The van der Waals surface area contributed by atoms with Crippen LogP contribution in [0.15, 0.2) is 60.8 Å². The van der Waals surface area contributed by atoms with Gasteiger partial charge in [0.1, 0.15) is 19.3 Å². The Morgan fingerprint density at radius 3 is 1.46 bits per heavy atom. The predicted molar refractivity (Wildman–Crippen MR) is 249 cm³/mol. The Balaban J connectivity index is 4.25. The van der Waals surface area contributed by atoms with Crippen molar-refractivity contribution in [2.75, 3.05) is 54.1 Å². The molecule has 0 aliphatic carbocycles. The molecule has 0 saturated carbocycles. The van der Waals surface area contributed by atoms with Gasteiger partial charge in [0.05, 0.1) is 34.4 Å². The molecule has 344 valence electrons. The Morgan fingerprint density at radius 2 is 0.983 bits per heavy atom. The summed E-state index contributed by atoms with van der Waals surface area (Å²) >= 11 is 0. The summed E-state index contributed by atoms with van der Waals surface area (Å²) in [5.74, 6) is -0.364. The third-order valence-corrected chi connectivity index (χ3v) is 11.0. The molecule has 0 N–H and O–H groups in total. The van der Waals surface area contributed by atoms with Crippen LogP contribution in [0.3, 0.4) is 0 Å². The highest BCUT2D eigenvalue weighted by Gasteiger charge is 2.20. The minimum Gasteiger partial charge on any atom is -0.756 e. The molecule has 0 amide bonds. The highest BCUT2D eigenvalue weighted by molar-refractivity contribution is 7.45. The van der Waals surface area contributed by atoms with Gasteiger partial charge in [-0.25, -0.2) is 0 Å². The Bertz CT molecular complexity index is 1130. The van der Waals surface area contributed by atoms with Gasteiger partial charge in [-0.3, -0.25) is 9.36 Å². The van der Waals surface area contributed by atoms with Crippen molar-refractivity contribution in [2.45, 2.75) is 200 Å². The first-order valence-corrected chi connectivity index (χ1v) is 25.5. The number of quaternary nitrogens is 1. The molecule has 0 aromatic heterocycles. The molecule has 0 aromatic carbocycles. The lowest BCUT2D eigenvalue weighted by Gasteiger charge is -2.28. The number of hydrogen-bond acceptors (Lipinski definition) is 7. The van der Waals surface area contributed by atoms with E-state index >= 15 is 0 Å². The minimum atomic E-state index is -4.54. The van der Waals surface area contributed by atoms with Gasteiger partial charge in [0.2, 0.25) is 0 Å². The van der Waals surface area contributed by atoms with E-state index in [1.807, 2.05) is 21.1 Å². The van der Waals surface area contributed by atoms with Crippen molar-refractivity contribution in [2.24, 2.45) is 0 Å². The first-order valence-electron chi connectivity index (χ1n) is 24.0. The lowest BCUT2D eigenvalue weighted by molar-refractivity contribution is -0.870. The summed E-state index contributed by atoms with van der Waals surface area (Å²) in [6.45, 7) is 5.27. The molecule has 0 rings (SSSR count). The van der Waals surface area contributed by atoms with Crippen molar-refractivity contribution < 1.29 is 37.3 Å². The largest absolute Gasteiger partial charge is 0.756 e. The number of rotatable bonds is 44. The molecule has 0 saturated heterocycles. The summed E-state index contributed by atoms with van der Waals surface area (Å²) < 4.78 is 34.6. The van der Waals surface area contributed by atoms with E-state index in [1.54, 1.807) is 0 Å². The molecule has 0 heterocycles. The standard InChI is InChI=1S/C50H92NO7P/c1-6-8-10-12-14-16-18-20-22-24-26-27-29-31-33-35-37-39-41-43-50(52)58-49(48-57-59(53,54)56-46-44-51(3,4)5)47-55-45-42-40-38-36-34-32-30-28-25-23-21-19-17-15-13-11-9-7-2/h8,10,14,16,20,22,26-27,31,33,49H,6-7,9,11-13,15,17-19,21,23-25,28-30,32,34-48H2,1-5H3/b10-8-,16-14-,22-20-,27-26-,33-31-. The first kappa shape index (κ1) is 57.2. The molecule has 59 heavy (non-hydrogen) atoms. The zero-order valence-electron chi connectivity index (χ0n) is 38.9. The molecule has 9 heteroatoms. The topological polar surface area (TPSA) is 94.1 Å². The quantitative estimate of drug-likeness (QED) is 0.0198. The van der Waals surface area contributed by atoms with E-state index in [0.29, 0.717) is 24.1 Å². The second-order valence-electron chi connectivity index (χ2n) is 17.1. The Labute approximate surface area is 364 Å². The smallest absolute Gasteiger partial charge is 0.306 e. The van der Waals surface area contributed by atoms with Crippen LogP contribution in [-0.2, 0) is 27.9 Å². The maximum Gasteiger partial charge on any atom is 0.306 e. The van der Waals surface area contributed by atoms with Crippen molar-refractivity contribution in [3.63, 3.8) is 0 Å². The van der Waals surface area contributed by atoms with Crippen molar-refractivity contribution in [3.05, 3.63) is 60.8 Å². The van der Waals surface area contributed by atoms with E-state index in [9.17, 15) is 14.3 Å². The van der Waals surface area contributed by atoms with Crippen LogP contribution >= 0.6 is 7.82 Å². The zero-order valence-corrected chi connectivity index (χ0v) is 39.8. The van der Waals surface area contributed by atoms with Gasteiger partial charge in [-0.05, 0) is 57.8 Å². The molecule has 0 aliphatic rings. The summed E-state index contributed by atoms with van der Waals surface area (Å²) in [5.41, 5.74) is 0. The number of likely N-dealkylation sites (N-methyl/N-ethyl adjacent to an activating group) is 1. The fourth-order valence-electron chi connectivity index (χ4n) is 6.40. The fourth-order valence-corrected chi connectivity index (χ4v) is 7.13. The predicted octanol–water partition coefficient (Wildman–Crippen LogP) is 13.9. The molecular weight excluding hydrogens is 758 g/mol. The number of esters is 1. The van der Waals surface area contributed by atoms with Crippen molar-refractivity contribution >= 4 is 13.8 Å². The zero-order chi connectivity index (χ0) is 43.4. The van der Waals surface area contributed by atoms with E-state index in [4.69, 9.17) is 18.5 Å². The summed E-state index contributed by atoms with van der Waals surface area (Å²) in [4.78, 5) is 25.1. The molecule has 2 unspecified atom stereocenters. The fraction of sp³-hybridized carbons (Fsp3) is 0.780. The van der Waals surface area contributed by atoms with Gasteiger partial charge < -0.3 is 27.9 Å². The maximum atomic E-state index is 12.7. The number of hydrogen-bond donors (Lipinski definition) is 0. The van der Waals surface area contributed by atoms with Gasteiger partial charge in [-0.1, -0.05) is 190 Å². The number of allylic oxidation sites excluding steroid dienone is 10. The van der Waals surface area contributed by atoms with Crippen LogP contribution in [0.4, 0.5) is 0 Å². The average Bonchev–Trinajstić information content (AvgIpc) is 3.19. The third-order valence-electron chi connectivity index (χ3n) is 10.1. The molecule has 0 bridgehead atoms. The van der Waals surface area contributed by atoms with E-state index in [2.05, 4.69) is 74.6 Å². The van der Waals surface area contributed by atoms with Crippen LogP contribution in [0.2, 0.25) is 0 Å². The number of phosphoric acid groups is 1. The Morgan fingerprint density at radius 1 is 0.542 bits per heavy atom. The van der Waals surface area contributed by atoms with E-state index in [1.165, 1.54) is 103 Å². The molecule has 0 fully saturated rings.